The van der Waals surface area contributed by atoms with E-state index in [0.29, 0.717) is 11.7 Å². The number of pyridine rings is 1. The third kappa shape index (κ3) is 4.41. The number of ether oxygens (including phenoxy) is 1. The van der Waals surface area contributed by atoms with Gasteiger partial charge in [-0.05, 0) is 31.4 Å². The molecule has 2 fully saturated rings. The van der Waals surface area contributed by atoms with Gasteiger partial charge in [-0.1, -0.05) is 6.07 Å². The van der Waals surface area contributed by atoms with Crippen molar-refractivity contribution < 1.29 is 17.9 Å². The van der Waals surface area contributed by atoms with E-state index in [1.807, 2.05) is 0 Å². The molecule has 0 bridgehead atoms. The Labute approximate surface area is 161 Å². The van der Waals surface area contributed by atoms with Crippen molar-refractivity contribution in [2.45, 2.75) is 37.5 Å². The number of aromatic nitrogens is 3. The van der Waals surface area contributed by atoms with E-state index in [-0.39, 0.29) is 17.7 Å². The number of rotatable bonds is 4. The topological polar surface area (TPSA) is 63.2 Å². The lowest BCUT2D eigenvalue weighted by atomic mass is 10.0. The molecule has 1 atom stereocenters. The molecular formula is C19H22F3N5O. The van der Waals surface area contributed by atoms with Gasteiger partial charge >= 0.3 is 6.18 Å². The summed E-state index contributed by atoms with van der Waals surface area (Å²) in [7, 11) is 0. The number of halogens is 3. The summed E-state index contributed by atoms with van der Waals surface area (Å²) in [5.74, 6) is 0.157. The van der Waals surface area contributed by atoms with Crippen molar-refractivity contribution in [2.75, 3.05) is 31.6 Å². The van der Waals surface area contributed by atoms with Crippen molar-refractivity contribution in [1.82, 2.24) is 19.9 Å². The number of hydrogen-bond donors (Lipinski definition) is 1. The number of nitrogens with one attached hydrogen (secondary N) is 1. The van der Waals surface area contributed by atoms with Crippen LogP contribution in [0.25, 0.3) is 11.5 Å². The summed E-state index contributed by atoms with van der Waals surface area (Å²) < 4.78 is 45.4. The van der Waals surface area contributed by atoms with E-state index in [0.717, 1.165) is 51.6 Å². The highest BCUT2D eigenvalue weighted by molar-refractivity contribution is 5.53. The number of piperidine rings is 1. The molecule has 2 aromatic rings. The lowest BCUT2D eigenvalue weighted by Gasteiger charge is -2.35. The van der Waals surface area contributed by atoms with Crippen molar-refractivity contribution in [1.29, 1.82) is 0 Å². The van der Waals surface area contributed by atoms with E-state index in [9.17, 15) is 13.2 Å². The normalized spacial score (nSPS) is 21.8. The van der Waals surface area contributed by atoms with Crippen LogP contribution in [0.5, 0.6) is 0 Å². The zero-order valence-corrected chi connectivity index (χ0v) is 15.3. The van der Waals surface area contributed by atoms with Crippen LogP contribution in [0.2, 0.25) is 0 Å². The largest absolute Gasteiger partial charge is 0.433 e. The molecule has 0 aliphatic carbocycles. The first-order valence-electron chi connectivity index (χ1n) is 9.45. The summed E-state index contributed by atoms with van der Waals surface area (Å²) in [5, 5.41) is 3.18. The highest BCUT2D eigenvalue weighted by Gasteiger charge is 2.34. The predicted molar refractivity (Wildman–Crippen MR) is 97.7 cm³/mol. The van der Waals surface area contributed by atoms with Crippen molar-refractivity contribution in [3.8, 4) is 11.5 Å². The highest BCUT2D eigenvalue weighted by Crippen LogP contribution is 2.31. The summed E-state index contributed by atoms with van der Waals surface area (Å²) in [5.41, 5.74) is -0.654. The second-order valence-electron chi connectivity index (χ2n) is 7.15. The van der Waals surface area contributed by atoms with E-state index in [1.54, 1.807) is 18.2 Å². The van der Waals surface area contributed by atoms with Gasteiger partial charge in [0.05, 0.1) is 6.61 Å². The van der Waals surface area contributed by atoms with Crippen molar-refractivity contribution >= 4 is 5.82 Å². The van der Waals surface area contributed by atoms with Crippen LogP contribution in [0.3, 0.4) is 0 Å². The molecule has 6 nitrogen and oxygen atoms in total. The molecule has 9 heteroatoms. The zero-order valence-electron chi connectivity index (χ0n) is 15.3. The minimum atomic E-state index is -4.55. The first kappa shape index (κ1) is 19.1. The molecule has 2 aliphatic rings. The van der Waals surface area contributed by atoms with Crippen LogP contribution in [-0.4, -0.2) is 58.2 Å². The van der Waals surface area contributed by atoms with Gasteiger partial charge in [0, 0.05) is 44.0 Å². The molecule has 4 rings (SSSR count). The van der Waals surface area contributed by atoms with Gasteiger partial charge < -0.3 is 10.1 Å². The van der Waals surface area contributed by atoms with E-state index in [2.05, 4.69) is 25.2 Å². The van der Waals surface area contributed by atoms with Crippen molar-refractivity contribution in [2.24, 2.45) is 0 Å². The monoisotopic (exact) mass is 393 g/mol. The fourth-order valence-corrected chi connectivity index (χ4v) is 3.70. The van der Waals surface area contributed by atoms with Crippen LogP contribution in [0.15, 0.2) is 30.5 Å². The Bertz CT molecular complexity index is 788. The standard InChI is InChI=1S/C19H22F3N5O/c20-19(21,22)16-11-17(26-18(25-16)15-3-1-2-7-23-15)24-13-4-8-27(9-5-13)14-6-10-28-12-14/h1-3,7,11,13-14H,4-6,8-10,12H2,(H,24,25,26). The Morgan fingerprint density at radius 2 is 1.93 bits per heavy atom. The molecule has 0 amide bonds. The van der Waals surface area contributed by atoms with E-state index >= 15 is 0 Å². The molecule has 1 unspecified atom stereocenters. The van der Waals surface area contributed by atoms with Gasteiger partial charge in [-0.2, -0.15) is 13.2 Å². The molecule has 2 aliphatic heterocycles. The van der Waals surface area contributed by atoms with E-state index in [1.165, 1.54) is 6.20 Å². The average molecular weight is 393 g/mol. The van der Waals surface area contributed by atoms with Gasteiger partial charge in [0.1, 0.15) is 11.5 Å². The summed E-state index contributed by atoms with van der Waals surface area (Å²) in [6.07, 6.45) is -0.294. The van der Waals surface area contributed by atoms with Crippen LogP contribution < -0.4 is 5.32 Å². The van der Waals surface area contributed by atoms with Gasteiger partial charge in [0.2, 0.25) is 0 Å². The summed E-state index contributed by atoms with van der Waals surface area (Å²) in [6, 6.07) is 6.50. The first-order valence-corrected chi connectivity index (χ1v) is 9.45. The molecule has 28 heavy (non-hydrogen) atoms. The minimum absolute atomic E-state index is 0.0292. The number of hydrogen-bond acceptors (Lipinski definition) is 6. The van der Waals surface area contributed by atoms with E-state index in [4.69, 9.17) is 4.74 Å². The molecule has 2 saturated heterocycles. The molecule has 4 heterocycles. The number of anilines is 1. The third-order valence-corrected chi connectivity index (χ3v) is 5.21. The summed E-state index contributed by atoms with van der Waals surface area (Å²) >= 11 is 0. The van der Waals surface area contributed by atoms with Crippen molar-refractivity contribution in [3.63, 3.8) is 0 Å². The third-order valence-electron chi connectivity index (χ3n) is 5.21. The molecule has 1 N–H and O–H groups in total. The second-order valence-corrected chi connectivity index (χ2v) is 7.15. The maximum absolute atomic E-state index is 13.3. The second kappa shape index (κ2) is 8.00. The lowest BCUT2D eigenvalue weighted by Crippen LogP contribution is -2.45. The smallest absolute Gasteiger partial charge is 0.380 e. The Morgan fingerprint density at radius 3 is 2.57 bits per heavy atom. The first-order chi connectivity index (χ1) is 13.5. The van der Waals surface area contributed by atoms with Crippen LogP contribution in [0.4, 0.5) is 19.0 Å². The lowest BCUT2D eigenvalue weighted by molar-refractivity contribution is -0.141. The van der Waals surface area contributed by atoms with Gasteiger partial charge in [-0.3, -0.25) is 9.88 Å². The van der Waals surface area contributed by atoms with E-state index < -0.39 is 11.9 Å². The SMILES string of the molecule is FC(F)(F)c1cc(NC2CCN(C3CCOC3)CC2)nc(-c2ccccn2)n1. The molecule has 2 aromatic heterocycles. The summed E-state index contributed by atoms with van der Waals surface area (Å²) in [4.78, 5) is 14.4. The number of likely N-dealkylation sites (tertiary alicyclic amines) is 1. The fourth-order valence-electron chi connectivity index (χ4n) is 3.70. The molecule has 0 aromatic carbocycles. The summed E-state index contributed by atoms with van der Waals surface area (Å²) in [6.45, 7) is 3.37. The Morgan fingerprint density at radius 1 is 1.11 bits per heavy atom. The quantitative estimate of drug-likeness (QED) is 0.861. The fraction of sp³-hybridized carbons (Fsp3) is 0.526. The molecule has 0 radical (unpaired) electrons. The maximum Gasteiger partial charge on any atom is 0.433 e. The molecule has 0 spiro atoms. The van der Waals surface area contributed by atoms with Crippen molar-refractivity contribution in [3.05, 3.63) is 36.2 Å². The molecule has 150 valence electrons. The maximum atomic E-state index is 13.3. The zero-order chi connectivity index (χ0) is 19.6. The van der Waals surface area contributed by atoms with Crippen LogP contribution in [0.1, 0.15) is 25.0 Å². The Balaban J connectivity index is 1.49. The average Bonchev–Trinajstić information content (AvgIpc) is 3.23. The minimum Gasteiger partial charge on any atom is -0.380 e. The van der Waals surface area contributed by atoms with Crippen LogP contribution >= 0.6 is 0 Å². The Hall–Kier alpha value is -2.26. The van der Waals surface area contributed by atoms with Gasteiger partial charge in [-0.25, -0.2) is 9.97 Å². The predicted octanol–water partition coefficient (Wildman–Crippen LogP) is 3.22. The van der Waals surface area contributed by atoms with Gasteiger partial charge in [0.25, 0.3) is 0 Å². The number of alkyl halides is 3. The number of nitrogens with zero attached hydrogens (tertiary/aromatic N) is 4. The molecule has 0 saturated carbocycles. The van der Waals surface area contributed by atoms with Gasteiger partial charge in [-0.15, -0.1) is 0 Å². The van der Waals surface area contributed by atoms with Gasteiger partial charge in [0.15, 0.2) is 11.5 Å². The molecular weight excluding hydrogens is 371 g/mol. The Kier molecular flexibility index (Phi) is 5.45. The highest BCUT2D eigenvalue weighted by atomic mass is 19.4. The van der Waals surface area contributed by atoms with Crippen LogP contribution in [0, 0.1) is 0 Å². The van der Waals surface area contributed by atoms with Crippen LogP contribution in [-0.2, 0) is 10.9 Å².